The van der Waals surface area contributed by atoms with Gasteiger partial charge >= 0.3 is 5.97 Å². The molecule has 0 radical (unpaired) electrons. The third-order valence-corrected chi connectivity index (χ3v) is 2.18. The molecule has 0 aliphatic heterocycles. The Hall–Kier alpha value is -1.71. The molecule has 1 unspecified atom stereocenters. The van der Waals surface area contributed by atoms with Gasteiger partial charge in [-0.3, -0.25) is 4.79 Å². The van der Waals surface area contributed by atoms with E-state index >= 15 is 0 Å². The summed E-state index contributed by atoms with van der Waals surface area (Å²) in [5.74, 6) is -0.417. The molecular formula is C12H17NO3. The Kier molecular flexibility index (Phi) is 4.64. The van der Waals surface area contributed by atoms with Crippen LogP contribution in [0.15, 0.2) is 24.3 Å². The first-order valence-corrected chi connectivity index (χ1v) is 5.33. The van der Waals surface area contributed by atoms with Gasteiger partial charge in [0.1, 0.15) is 5.75 Å². The Morgan fingerprint density at radius 2 is 2.31 bits per heavy atom. The molecule has 1 aromatic rings. The van der Waals surface area contributed by atoms with Gasteiger partial charge in [-0.1, -0.05) is 13.0 Å². The number of rotatable bonds is 6. The smallest absolute Gasteiger partial charge is 0.308 e. The van der Waals surface area contributed by atoms with Crippen molar-refractivity contribution in [2.45, 2.75) is 13.8 Å². The lowest BCUT2D eigenvalue weighted by Gasteiger charge is -2.10. The van der Waals surface area contributed by atoms with Crippen molar-refractivity contribution in [3.05, 3.63) is 24.3 Å². The van der Waals surface area contributed by atoms with Crippen molar-refractivity contribution in [2.24, 2.45) is 5.92 Å². The van der Waals surface area contributed by atoms with E-state index in [4.69, 9.17) is 9.84 Å². The Morgan fingerprint density at radius 3 is 2.94 bits per heavy atom. The van der Waals surface area contributed by atoms with Gasteiger partial charge in [0.05, 0.1) is 12.5 Å². The summed E-state index contributed by atoms with van der Waals surface area (Å²) >= 11 is 0. The van der Waals surface area contributed by atoms with E-state index in [0.29, 0.717) is 13.2 Å². The second-order valence-corrected chi connectivity index (χ2v) is 3.58. The quantitative estimate of drug-likeness (QED) is 0.776. The monoisotopic (exact) mass is 223 g/mol. The fraction of sp³-hybridized carbons (Fsp3) is 0.417. The van der Waals surface area contributed by atoms with Crippen LogP contribution in [0, 0.1) is 5.92 Å². The van der Waals surface area contributed by atoms with E-state index in [0.717, 1.165) is 11.4 Å². The van der Waals surface area contributed by atoms with Crippen molar-refractivity contribution in [3.8, 4) is 5.75 Å². The molecule has 88 valence electrons. The zero-order valence-corrected chi connectivity index (χ0v) is 9.56. The van der Waals surface area contributed by atoms with Crippen molar-refractivity contribution in [1.29, 1.82) is 0 Å². The zero-order valence-electron chi connectivity index (χ0n) is 9.56. The lowest BCUT2D eigenvalue weighted by atomic mass is 10.2. The minimum absolute atomic E-state index is 0.407. The highest BCUT2D eigenvalue weighted by Crippen LogP contribution is 2.17. The summed E-state index contributed by atoms with van der Waals surface area (Å²) in [6, 6.07) is 7.49. The molecule has 1 rings (SSSR count). The van der Waals surface area contributed by atoms with Crippen LogP contribution >= 0.6 is 0 Å². The first-order chi connectivity index (χ1) is 7.63. The number of benzene rings is 1. The molecule has 16 heavy (non-hydrogen) atoms. The maximum Gasteiger partial charge on any atom is 0.308 e. The Morgan fingerprint density at radius 1 is 1.56 bits per heavy atom. The summed E-state index contributed by atoms with van der Waals surface area (Å²) in [6.45, 7) is 4.62. The van der Waals surface area contributed by atoms with Crippen LogP contribution in [0.4, 0.5) is 5.69 Å². The molecule has 0 saturated carbocycles. The van der Waals surface area contributed by atoms with Gasteiger partial charge in [0.25, 0.3) is 0 Å². The van der Waals surface area contributed by atoms with E-state index in [1.165, 1.54) is 0 Å². The van der Waals surface area contributed by atoms with Crippen molar-refractivity contribution >= 4 is 11.7 Å². The number of hydrogen-bond donors (Lipinski definition) is 2. The normalized spacial score (nSPS) is 11.9. The largest absolute Gasteiger partial charge is 0.494 e. The van der Waals surface area contributed by atoms with Crippen molar-refractivity contribution in [2.75, 3.05) is 18.5 Å². The third-order valence-electron chi connectivity index (χ3n) is 2.18. The summed E-state index contributed by atoms with van der Waals surface area (Å²) in [6.07, 6.45) is 0. The molecule has 0 aliphatic carbocycles. The topological polar surface area (TPSA) is 58.6 Å². The van der Waals surface area contributed by atoms with Crippen LogP contribution in [0.25, 0.3) is 0 Å². The molecule has 0 amide bonds. The maximum absolute atomic E-state index is 10.6. The number of carboxylic acid groups (broad SMARTS) is 1. The predicted octanol–water partition coefficient (Wildman–Crippen LogP) is 2.22. The first kappa shape index (κ1) is 12.4. The molecule has 0 heterocycles. The fourth-order valence-corrected chi connectivity index (χ4v) is 1.22. The lowest BCUT2D eigenvalue weighted by Crippen LogP contribution is -2.19. The number of carboxylic acids is 1. The Balaban J connectivity index is 2.53. The Labute approximate surface area is 95.2 Å². The number of carbonyl (C=O) groups is 1. The van der Waals surface area contributed by atoms with Gasteiger partial charge in [0, 0.05) is 18.3 Å². The fourth-order valence-electron chi connectivity index (χ4n) is 1.22. The molecule has 0 saturated heterocycles. The highest BCUT2D eigenvalue weighted by molar-refractivity contribution is 5.70. The maximum atomic E-state index is 10.6. The van der Waals surface area contributed by atoms with Crippen molar-refractivity contribution in [3.63, 3.8) is 0 Å². The van der Waals surface area contributed by atoms with Crippen LogP contribution in [-0.4, -0.2) is 24.2 Å². The second kappa shape index (κ2) is 6.00. The molecule has 0 bridgehead atoms. The van der Waals surface area contributed by atoms with Crippen LogP contribution in [0.5, 0.6) is 5.75 Å². The summed E-state index contributed by atoms with van der Waals surface area (Å²) < 4.78 is 5.34. The number of hydrogen-bond acceptors (Lipinski definition) is 3. The van der Waals surface area contributed by atoms with Crippen LogP contribution in [0.3, 0.4) is 0 Å². The van der Waals surface area contributed by atoms with E-state index < -0.39 is 11.9 Å². The molecule has 0 fully saturated rings. The van der Waals surface area contributed by atoms with Crippen molar-refractivity contribution < 1.29 is 14.6 Å². The second-order valence-electron chi connectivity index (χ2n) is 3.58. The molecule has 2 N–H and O–H groups in total. The highest BCUT2D eigenvalue weighted by Gasteiger charge is 2.09. The summed E-state index contributed by atoms with van der Waals surface area (Å²) in [4.78, 5) is 10.6. The molecule has 0 aliphatic rings. The van der Waals surface area contributed by atoms with Crippen molar-refractivity contribution in [1.82, 2.24) is 0 Å². The van der Waals surface area contributed by atoms with E-state index in [1.54, 1.807) is 6.92 Å². The van der Waals surface area contributed by atoms with Gasteiger partial charge in [0.15, 0.2) is 0 Å². The average Bonchev–Trinajstić information content (AvgIpc) is 2.26. The SMILES string of the molecule is CCOc1cccc(NCC(C)C(=O)O)c1. The summed E-state index contributed by atoms with van der Waals surface area (Å²) in [5.41, 5.74) is 0.874. The lowest BCUT2D eigenvalue weighted by molar-refractivity contribution is -0.140. The average molecular weight is 223 g/mol. The van der Waals surface area contributed by atoms with Crippen LogP contribution < -0.4 is 10.1 Å². The van der Waals surface area contributed by atoms with E-state index in [-0.39, 0.29) is 0 Å². The zero-order chi connectivity index (χ0) is 12.0. The number of ether oxygens (including phenoxy) is 1. The van der Waals surface area contributed by atoms with Gasteiger partial charge in [-0.2, -0.15) is 0 Å². The van der Waals surface area contributed by atoms with E-state index in [9.17, 15) is 4.79 Å². The first-order valence-electron chi connectivity index (χ1n) is 5.33. The number of aliphatic carboxylic acids is 1. The Bertz CT molecular complexity index is 352. The number of nitrogens with one attached hydrogen (secondary N) is 1. The predicted molar refractivity (Wildman–Crippen MR) is 62.9 cm³/mol. The molecule has 4 nitrogen and oxygen atoms in total. The standard InChI is InChI=1S/C12H17NO3/c1-3-16-11-6-4-5-10(7-11)13-8-9(2)12(14)15/h4-7,9,13H,3,8H2,1-2H3,(H,14,15). The van der Waals surface area contributed by atoms with Crippen LogP contribution in [0.2, 0.25) is 0 Å². The number of anilines is 1. The minimum Gasteiger partial charge on any atom is -0.494 e. The van der Waals surface area contributed by atoms with Crippen LogP contribution in [0.1, 0.15) is 13.8 Å². The molecule has 0 aromatic heterocycles. The molecule has 4 heteroatoms. The van der Waals surface area contributed by atoms with Crippen LogP contribution in [-0.2, 0) is 4.79 Å². The highest BCUT2D eigenvalue weighted by atomic mass is 16.5. The van der Waals surface area contributed by atoms with Gasteiger partial charge in [-0.15, -0.1) is 0 Å². The minimum atomic E-state index is -0.798. The summed E-state index contributed by atoms with van der Waals surface area (Å²) in [7, 11) is 0. The van der Waals surface area contributed by atoms with Gasteiger partial charge in [-0.25, -0.2) is 0 Å². The van der Waals surface area contributed by atoms with Gasteiger partial charge in [0.2, 0.25) is 0 Å². The molecular weight excluding hydrogens is 206 g/mol. The van der Waals surface area contributed by atoms with E-state index in [1.807, 2.05) is 31.2 Å². The third kappa shape index (κ3) is 3.81. The molecule has 1 aromatic carbocycles. The van der Waals surface area contributed by atoms with Gasteiger partial charge in [-0.05, 0) is 19.1 Å². The molecule has 1 atom stereocenters. The summed E-state index contributed by atoms with van der Waals surface area (Å²) in [5, 5.41) is 11.8. The van der Waals surface area contributed by atoms with Gasteiger partial charge < -0.3 is 15.2 Å². The molecule has 0 spiro atoms. The van der Waals surface area contributed by atoms with E-state index in [2.05, 4.69) is 5.32 Å².